The Labute approximate surface area is 531 Å². The standard InChI is InChI=1S/C9H13NO.C9H13N.C8H10FN.C8H12N2.4C8H11N.C7H9ClN2/c1-7(2)9-6-8(11-3)4-5-10-9;1-7(2)9-5-4-6-10-8(9)3;1-6(2)7-4-3-5-8(9)10-7;1-6(2)8-9-5-4-7(3)10-8;1-7(2)8-3-5-9-6-4-8;1-7(2)8-4-3-5-9-6-8;2*1-7(2)8-5-3-4-6-9-8;1-5(2)6-3-10-7(8)4-9-6/h4-7H,1-3H3;4-7H,1-3H3;3-6H,1-2H3;4-6H,1-3H3;4*3-7H,1-2H3;3-5H,1-2H3/i;;;;;;4D;3D;. The van der Waals surface area contributed by atoms with E-state index in [0.29, 0.717) is 70.5 Å². The van der Waals surface area contributed by atoms with Crippen molar-refractivity contribution in [3.63, 3.8) is 0 Å². The van der Waals surface area contributed by atoms with Crippen LogP contribution in [0.3, 0.4) is 0 Å². The Bertz CT molecular complexity index is 3030. The maximum absolute atomic E-state index is 12.4. The molecule has 0 aliphatic heterocycles. The zero-order valence-electron chi connectivity index (χ0n) is 57.9. The van der Waals surface area contributed by atoms with Gasteiger partial charge < -0.3 is 4.74 Å². The first-order valence-electron chi connectivity index (χ1n) is 31.0. The van der Waals surface area contributed by atoms with Crippen LogP contribution in [0.25, 0.3) is 0 Å². The van der Waals surface area contributed by atoms with E-state index in [1.54, 1.807) is 74.8 Å². The van der Waals surface area contributed by atoms with Gasteiger partial charge in [0, 0.05) is 102 Å². The smallest absolute Gasteiger partial charge is 0.213 e. The van der Waals surface area contributed by atoms with Gasteiger partial charge >= 0.3 is 0 Å². The van der Waals surface area contributed by atoms with Gasteiger partial charge in [0.1, 0.15) is 16.7 Å². The van der Waals surface area contributed by atoms with E-state index in [9.17, 15) is 4.39 Å². The lowest BCUT2D eigenvalue weighted by atomic mass is 10.0. The predicted molar refractivity (Wildman–Crippen MR) is 362 cm³/mol. The molecule has 9 aromatic rings. The van der Waals surface area contributed by atoms with Crippen molar-refractivity contribution in [2.75, 3.05) is 7.11 Å². The Morgan fingerprint density at radius 1 is 0.402 bits per heavy atom. The first-order valence-corrected chi connectivity index (χ1v) is 30.4. The zero-order chi connectivity index (χ0) is 67.0. The number of hydrogen-bond donors (Lipinski definition) is 0. The summed E-state index contributed by atoms with van der Waals surface area (Å²) in [5.41, 5.74) is 11.1. The molecule has 9 aromatic heterocycles. The van der Waals surface area contributed by atoms with Crippen LogP contribution in [0, 0.1) is 19.8 Å². The molecule has 0 radical (unpaired) electrons. The van der Waals surface area contributed by atoms with Gasteiger partial charge in [-0.1, -0.05) is 167 Å². The number of pyridine rings is 7. The molecule has 0 spiro atoms. The fraction of sp³-hybridized carbons (Fsp3) is 0.411. The summed E-state index contributed by atoms with van der Waals surface area (Å²) in [5.74, 6) is 5.71. The molecule has 0 aliphatic rings. The molecule has 0 saturated carbocycles. The highest BCUT2D eigenvalue weighted by molar-refractivity contribution is 6.29. The Morgan fingerprint density at radius 3 is 1.39 bits per heavy atom. The summed E-state index contributed by atoms with van der Waals surface area (Å²) < 4.78 is 31.9. The molecule has 9 heterocycles. The number of rotatable bonds is 10. The highest BCUT2D eigenvalue weighted by Crippen LogP contribution is 2.19. The van der Waals surface area contributed by atoms with Crippen LogP contribution in [0.5, 0.6) is 5.75 Å². The monoisotopic (exact) mass is 1200 g/mol. The lowest BCUT2D eigenvalue weighted by Gasteiger charge is -2.06. The van der Waals surface area contributed by atoms with Gasteiger partial charge in [0.25, 0.3) is 0 Å². The van der Waals surface area contributed by atoms with Crippen molar-refractivity contribution < 1.29 is 11.9 Å². The van der Waals surface area contributed by atoms with Gasteiger partial charge in [0.05, 0.1) is 27.9 Å². The number of aromatic nitrogens is 11. The molecule has 0 bridgehead atoms. The second kappa shape index (κ2) is 44.6. The van der Waals surface area contributed by atoms with Crippen molar-refractivity contribution in [1.29, 1.82) is 0 Å². The predicted octanol–water partition coefficient (Wildman–Crippen LogP) is 20.1. The quantitative estimate of drug-likeness (QED) is 0.120. The SMILES string of the molecule is CC(C)c1cccc(F)n1.CC(C)c1cccnc1.CC(C)c1ccncc1.CC(C)c1cnc(Cl)cn1.COc1ccnc(C(C)C)c1.Cc1ccnc(C(C)C)n1.Cc1ncccc1C(C)C.[2H]c1ccc(C(C)C)nc1.[2H]c1ccnc(C(C)C)c1. The molecule has 0 atom stereocenters. The van der Waals surface area contributed by atoms with Crippen LogP contribution in [0.4, 0.5) is 4.39 Å². The first kappa shape index (κ1) is 73.5. The van der Waals surface area contributed by atoms with Gasteiger partial charge in [-0.3, -0.25) is 34.9 Å². The van der Waals surface area contributed by atoms with Crippen molar-refractivity contribution in [1.82, 2.24) is 54.8 Å². The fourth-order valence-electron chi connectivity index (χ4n) is 6.88. The van der Waals surface area contributed by atoms with Crippen molar-refractivity contribution >= 4 is 11.6 Å². The van der Waals surface area contributed by atoms with Gasteiger partial charge in [-0.05, 0) is 151 Å². The molecule has 0 amide bonds. The van der Waals surface area contributed by atoms with E-state index in [-0.39, 0.29) is 0 Å². The van der Waals surface area contributed by atoms with E-state index >= 15 is 0 Å². The largest absolute Gasteiger partial charge is 0.497 e. The van der Waals surface area contributed by atoms with Crippen LogP contribution < -0.4 is 4.74 Å². The van der Waals surface area contributed by atoms with Crippen LogP contribution in [0.2, 0.25) is 5.15 Å². The van der Waals surface area contributed by atoms with Crippen LogP contribution in [-0.2, 0) is 0 Å². The van der Waals surface area contributed by atoms with Crippen LogP contribution in [0.15, 0.2) is 177 Å². The minimum Gasteiger partial charge on any atom is -0.497 e. The van der Waals surface area contributed by atoms with E-state index in [0.717, 1.165) is 51.4 Å². The third-order valence-electron chi connectivity index (χ3n) is 12.3. The minimum atomic E-state index is -0.397. The molecule has 0 aliphatic carbocycles. The second-order valence-electron chi connectivity index (χ2n) is 22.8. The maximum Gasteiger partial charge on any atom is 0.213 e. The van der Waals surface area contributed by atoms with Gasteiger partial charge in [-0.25, -0.2) is 19.9 Å². The van der Waals surface area contributed by atoms with Crippen LogP contribution in [0.1, 0.15) is 243 Å². The van der Waals surface area contributed by atoms with Crippen LogP contribution in [-0.4, -0.2) is 61.9 Å². The molecule has 0 aromatic carbocycles. The molecule has 12 nitrogen and oxygen atoms in total. The van der Waals surface area contributed by atoms with Gasteiger partial charge in [0.15, 0.2) is 0 Å². The topological polar surface area (TPSA) is 151 Å². The average Bonchev–Trinajstić information content (AvgIpc) is 3.55. The number of hydrogen-bond acceptors (Lipinski definition) is 12. The van der Waals surface area contributed by atoms with Crippen molar-refractivity contribution in [2.45, 2.75) is 192 Å². The van der Waals surface area contributed by atoms with E-state index < -0.39 is 5.95 Å². The lowest BCUT2D eigenvalue weighted by molar-refractivity contribution is 0.413. The Balaban J connectivity index is 0.000000501. The number of aryl methyl sites for hydroxylation is 2. The zero-order valence-corrected chi connectivity index (χ0v) is 56.6. The molecular formula is C73H101ClFN11O. The van der Waals surface area contributed by atoms with Crippen molar-refractivity contribution in [3.8, 4) is 5.75 Å². The third kappa shape index (κ3) is 35.5. The number of ether oxygens (including phenoxy) is 1. The molecule has 87 heavy (non-hydrogen) atoms. The third-order valence-corrected chi connectivity index (χ3v) is 12.5. The fourth-order valence-corrected chi connectivity index (χ4v) is 6.98. The number of nitrogens with zero attached hydrogens (tertiary/aromatic N) is 11. The molecule has 14 heteroatoms. The highest BCUT2D eigenvalue weighted by atomic mass is 35.5. The summed E-state index contributed by atoms with van der Waals surface area (Å²) in [6, 6.07) is 31.0. The van der Waals surface area contributed by atoms with Gasteiger partial charge in [-0.2, -0.15) is 4.39 Å². The number of methoxy groups -OCH3 is 1. The van der Waals surface area contributed by atoms with E-state index in [4.69, 9.17) is 19.1 Å². The van der Waals surface area contributed by atoms with Crippen molar-refractivity contribution in [2.24, 2.45) is 0 Å². The molecule has 0 saturated heterocycles. The Kier molecular flexibility index (Phi) is 37.7. The molecule has 0 fully saturated rings. The maximum atomic E-state index is 12.4. The van der Waals surface area contributed by atoms with E-state index in [1.807, 2.05) is 100 Å². The molecule has 0 unspecified atom stereocenters. The highest BCUT2D eigenvalue weighted by Gasteiger charge is 2.05. The van der Waals surface area contributed by atoms with Crippen LogP contribution >= 0.6 is 11.6 Å². The Hall–Kier alpha value is -7.77. The second-order valence-corrected chi connectivity index (χ2v) is 23.2. The average molecular weight is 1210 g/mol. The van der Waals surface area contributed by atoms with Gasteiger partial charge in [-0.15, -0.1) is 0 Å². The summed E-state index contributed by atoms with van der Waals surface area (Å²) in [4.78, 5) is 44.6. The minimum absolute atomic E-state index is 0.302. The summed E-state index contributed by atoms with van der Waals surface area (Å²) in [7, 11) is 1.67. The summed E-state index contributed by atoms with van der Waals surface area (Å²) >= 11 is 5.54. The molecule has 9 rings (SSSR count). The van der Waals surface area contributed by atoms with E-state index in [1.165, 1.54) is 22.8 Å². The molecule has 0 N–H and O–H groups in total. The summed E-state index contributed by atoms with van der Waals surface area (Å²) in [5, 5.41) is 0.449. The normalized spacial score (nSPS) is 10.6. The molecule has 468 valence electrons. The first-order chi connectivity index (χ1) is 42.1. The molecular weight excluding hydrogens is 1100 g/mol. The summed E-state index contributed by atoms with van der Waals surface area (Å²) in [6.45, 7) is 41.9. The van der Waals surface area contributed by atoms with E-state index in [2.05, 4.69) is 185 Å². The van der Waals surface area contributed by atoms with Crippen molar-refractivity contribution in [3.05, 3.63) is 251 Å². The Morgan fingerprint density at radius 2 is 0.977 bits per heavy atom. The summed E-state index contributed by atoms with van der Waals surface area (Å²) in [6.07, 6.45) is 19.3. The van der Waals surface area contributed by atoms with Gasteiger partial charge in [0.2, 0.25) is 5.95 Å². The lowest BCUT2D eigenvalue weighted by Crippen LogP contribution is -1.97. The number of halogens is 2.